The van der Waals surface area contributed by atoms with Crippen molar-refractivity contribution in [3.05, 3.63) is 73.3 Å². The first-order valence-corrected chi connectivity index (χ1v) is 8.81. The number of carboxylic acid groups (broad SMARTS) is 1. The Balaban J connectivity index is 2.54. The molecule has 0 saturated heterocycles. The molecule has 0 bridgehead atoms. The molecule has 3 aromatic rings. The second-order valence-electron chi connectivity index (χ2n) is 6.71. The van der Waals surface area contributed by atoms with Gasteiger partial charge in [-0.2, -0.15) is 4.39 Å². The SMILES string of the molecule is Bc1c(F)c(F)cc2c(=O)c(C(=O)O)cn(-c3cc([N+](=O)[O-])c(F)cc3COC(C)=O)c12. The van der Waals surface area contributed by atoms with Crippen molar-refractivity contribution in [2.75, 3.05) is 0 Å². The number of hydrogen-bond acceptors (Lipinski definition) is 6. The van der Waals surface area contributed by atoms with Gasteiger partial charge in [-0.3, -0.25) is 19.7 Å². The summed E-state index contributed by atoms with van der Waals surface area (Å²) in [6.07, 6.45) is 0.756. The molecule has 9 nitrogen and oxygen atoms in total. The molecule has 0 radical (unpaired) electrons. The molecule has 0 fully saturated rings. The van der Waals surface area contributed by atoms with Crippen molar-refractivity contribution >= 4 is 41.8 Å². The van der Waals surface area contributed by atoms with Gasteiger partial charge in [-0.25, -0.2) is 13.6 Å². The predicted octanol–water partition coefficient (Wildman–Crippen LogP) is 1.34. The van der Waals surface area contributed by atoms with E-state index < -0.39 is 68.4 Å². The number of nitro benzene ring substituents is 1. The number of carbonyl (C=O) groups excluding carboxylic acids is 1. The lowest BCUT2D eigenvalue weighted by Gasteiger charge is -2.18. The number of halogens is 3. The average Bonchev–Trinajstić information content (AvgIpc) is 2.71. The maximum absolute atomic E-state index is 14.3. The minimum absolute atomic E-state index is 0.159. The van der Waals surface area contributed by atoms with E-state index in [4.69, 9.17) is 4.74 Å². The number of nitro groups is 1. The summed E-state index contributed by atoms with van der Waals surface area (Å²) in [7, 11) is 1.11. The van der Waals surface area contributed by atoms with Crippen LogP contribution in [0.3, 0.4) is 0 Å². The molecule has 0 atom stereocenters. The molecule has 0 aliphatic rings. The summed E-state index contributed by atoms with van der Waals surface area (Å²) in [6, 6.07) is 1.91. The zero-order valence-corrected chi connectivity index (χ0v) is 16.4. The Bertz CT molecular complexity index is 1390. The molecule has 0 aliphatic carbocycles. The Morgan fingerprint density at radius 1 is 1.22 bits per heavy atom. The Morgan fingerprint density at radius 2 is 1.88 bits per heavy atom. The normalized spacial score (nSPS) is 10.9. The highest BCUT2D eigenvalue weighted by molar-refractivity contribution is 6.38. The van der Waals surface area contributed by atoms with Gasteiger partial charge in [-0.15, -0.1) is 0 Å². The van der Waals surface area contributed by atoms with Gasteiger partial charge in [0.05, 0.1) is 16.1 Å². The third-order valence-electron chi connectivity index (χ3n) is 4.67. The summed E-state index contributed by atoms with van der Waals surface area (Å²) >= 11 is 0. The molecular formula is C19H12BF3N2O7. The van der Waals surface area contributed by atoms with Crippen molar-refractivity contribution < 1.29 is 37.5 Å². The number of aromatic carboxylic acids is 1. The monoisotopic (exact) mass is 448 g/mol. The van der Waals surface area contributed by atoms with Crippen LogP contribution in [-0.2, 0) is 16.1 Å². The summed E-state index contributed by atoms with van der Waals surface area (Å²) in [5.74, 6) is -6.50. The molecule has 13 heteroatoms. The van der Waals surface area contributed by atoms with Crippen LogP contribution in [0.15, 0.2) is 29.2 Å². The smallest absolute Gasteiger partial charge is 0.341 e. The molecule has 0 spiro atoms. The average molecular weight is 448 g/mol. The number of fused-ring (bicyclic) bond motifs is 1. The van der Waals surface area contributed by atoms with E-state index in [1.54, 1.807) is 0 Å². The van der Waals surface area contributed by atoms with Crippen molar-refractivity contribution in [3.63, 3.8) is 0 Å². The fourth-order valence-electron chi connectivity index (χ4n) is 3.22. The van der Waals surface area contributed by atoms with Gasteiger partial charge in [0.1, 0.15) is 20.0 Å². The molecule has 0 aliphatic heterocycles. The third kappa shape index (κ3) is 3.79. The summed E-state index contributed by atoms with van der Waals surface area (Å²) < 4.78 is 48.3. The van der Waals surface area contributed by atoms with Crippen LogP contribution < -0.4 is 10.9 Å². The lowest BCUT2D eigenvalue weighted by atomic mass is 9.91. The van der Waals surface area contributed by atoms with Crippen molar-refractivity contribution in [3.8, 4) is 5.69 Å². The zero-order chi connectivity index (χ0) is 23.9. The number of esters is 1. The number of hydrogen-bond donors (Lipinski definition) is 1. The summed E-state index contributed by atoms with van der Waals surface area (Å²) in [4.78, 5) is 45.6. The maximum atomic E-state index is 14.3. The molecule has 2 aromatic carbocycles. The lowest BCUT2D eigenvalue weighted by Crippen LogP contribution is -2.25. The molecule has 1 N–H and O–H groups in total. The molecule has 1 heterocycles. The Hall–Kier alpha value is -4.16. The lowest BCUT2D eigenvalue weighted by molar-refractivity contribution is -0.387. The van der Waals surface area contributed by atoms with Crippen molar-refractivity contribution in [2.45, 2.75) is 13.5 Å². The first-order valence-electron chi connectivity index (χ1n) is 8.81. The molecule has 0 unspecified atom stereocenters. The van der Waals surface area contributed by atoms with Gasteiger partial charge in [0.2, 0.25) is 11.2 Å². The quantitative estimate of drug-likeness (QED) is 0.270. The number of nitrogens with zero attached hydrogens (tertiary/aromatic N) is 2. The largest absolute Gasteiger partial charge is 0.477 e. The first-order chi connectivity index (χ1) is 14.9. The number of pyridine rings is 1. The highest BCUT2D eigenvalue weighted by Crippen LogP contribution is 2.28. The highest BCUT2D eigenvalue weighted by atomic mass is 19.2. The molecule has 0 amide bonds. The van der Waals surface area contributed by atoms with Gasteiger partial charge in [0.25, 0.3) is 0 Å². The van der Waals surface area contributed by atoms with Gasteiger partial charge in [-0.1, -0.05) is 0 Å². The van der Waals surface area contributed by atoms with Crippen LogP contribution in [0, 0.1) is 27.6 Å². The predicted molar refractivity (Wildman–Crippen MR) is 107 cm³/mol. The number of ether oxygens (including phenoxy) is 1. The molecule has 32 heavy (non-hydrogen) atoms. The van der Waals surface area contributed by atoms with Crippen LogP contribution in [0.2, 0.25) is 0 Å². The van der Waals surface area contributed by atoms with Crippen LogP contribution in [0.4, 0.5) is 18.9 Å². The molecule has 3 rings (SSSR count). The van der Waals surface area contributed by atoms with Gasteiger partial charge in [-0.05, 0) is 17.6 Å². The van der Waals surface area contributed by atoms with E-state index in [1.807, 2.05) is 0 Å². The molecule has 164 valence electrons. The fourth-order valence-corrected chi connectivity index (χ4v) is 3.22. The van der Waals surface area contributed by atoms with E-state index in [-0.39, 0.29) is 16.8 Å². The number of rotatable bonds is 5. The van der Waals surface area contributed by atoms with Gasteiger partial charge in [0.15, 0.2) is 11.6 Å². The van der Waals surface area contributed by atoms with Crippen molar-refractivity contribution in [1.82, 2.24) is 4.57 Å². The van der Waals surface area contributed by atoms with E-state index in [0.29, 0.717) is 18.2 Å². The van der Waals surface area contributed by atoms with Crippen LogP contribution in [-0.4, -0.2) is 34.4 Å². The standard InChI is InChI=1S/C19H12BF3N2O7/c1-7(26)32-6-8-2-11(21)14(25(30)31)4-13(8)24-5-10(19(28)29)18(27)9-3-12(22)16(23)15(20)17(9)24/h2-5H,6,20H2,1H3,(H,28,29). The Kier molecular flexibility index (Phi) is 5.75. The second-order valence-corrected chi connectivity index (χ2v) is 6.71. The van der Waals surface area contributed by atoms with E-state index in [9.17, 15) is 42.8 Å². The van der Waals surface area contributed by atoms with Crippen molar-refractivity contribution in [2.24, 2.45) is 0 Å². The number of carboxylic acids is 1. The van der Waals surface area contributed by atoms with Crippen LogP contribution >= 0.6 is 0 Å². The minimum atomic E-state index is -1.70. The maximum Gasteiger partial charge on any atom is 0.341 e. The van der Waals surface area contributed by atoms with Gasteiger partial charge >= 0.3 is 17.6 Å². The van der Waals surface area contributed by atoms with Crippen LogP contribution in [0.5, 0.6) is 0 Å². The number of benzene rings is 2. The number of aromatic nitrogens is 1. The van der Waals surface area contributed by atoms with E-state index in [1.165, 1.54) is 0 Å². The zero-order valence-electron chi connectivity index (χ0n) is 16.4. The summed E-state index contributed by atoms with van der Waals surface area (Å²) in [6.45, 7) is 0.472. The van der Waals surface area contributed by atoms with E-state index in [0.717, 1.165) is 25.5 Å². The van der Waals surface area contributed by atoms with Crippen molar-refractivity contribution in [1.29, 1.82) is 0 Å². The summed E-state index contributed by atoms with van der Waals surface area (Å²) in [5.41, 5.74) is -4.13. The minimum Gasteiger partial charge on any atom is -0.477 e. The Labute approximate surface area is 177 Å². The van der Waals surface area contributed by atoms with Crippen LogP contribution in [0.1, 0.15) is 22.8 Å². The van der Waals surface area contributed by atoms with E-state index >= 15 is 0 Å². The molecular weight excluding hydrogens is 436 g/mol. The van der Waals surface area contributed by atoms with Crippen LogP contribution in [0.25, 0.3) is 16.6 Å². The van der Waals surface area contributed by atoms with Gasteiger partial charge in [0, 0.05) is 30.1 Å². The second kappa shape index (κ2) is 8.17. The fraction of sp³-hybridized carbons (Fsp3) is 0.105. The highest BCUT2D eigenvalue weighted by Gasteiger charge is 2.25. The Morgan fingerprint density at radius 3 is 2.44 bits per heavy atom. The van der Waals surface area contributed by atoms with Gasteiger partial charge < -0.3 is 14.4 Å². The van der Waals surface area contributed by atoms with E-state index in [2.05, 4.69) is 0 Å². The third-order valence-corrected chi connectivity index (χ3v) is 4.67. The number of carbonyl (C=O) groups is 2. The molecule has 1 aromatic heterocycles. The topological polar surface area (TPSA) is 129 Å². The summed E-state index contributed by atoms with van der Waals surface area (Å²) in [5, 5.41) is 20.1. The first kappa shape index (κ1) is 22.5. The molecule has 0 saturated carbocycles.